The maximum absolute atomic E-state index is 14.6. The number of anilines is 2. The first-order valence-corrected chi connectivity index (χ1v) is 12.7. The smallest absolute Gasteiger partial charge is 0.414 e. The first-order chi connectivity index (χ1) is 18.1. The van der Waals surface area contributed by atoms with Crippen LogP contribution in [0.4, 0.5) is 25.4 Å². The van der Waals surface area contributed by atoms with Crippen LogP contribution < -0.4 is 9.80 Å². The van der Waals surface area contributed by atoms with Crippen LogP contribution in [-0.4, -0.2) is 75.1 Å². The Morgan fingerprint density at radius 3 is 2.08 bits per heavy atom. The third-order valence-electron chi connectivity index (χ3n) is 5.47. The first kappa shape index (κ1) is 30.4. The lowest BCUT2D eigenvalue weighted by Crippen LogP contribution is -2.50. The molecule has 0 bridgehead atoms. The second kappa shape index (κ2) is 14.2. The molecular formula is C28H38FN3O6. The lowest BCUT2D eigenvalue weighted by atomic mass is 10.2. The van der Waals surface area contributed by atoms with E-state index in [0.717, 1.165) is 0 Å². The van der Waals surface area contributed by atoms with Crippen LogP contribution in [0.25, 0.3) is 0 Å². The molecule has 208 valence electrons. The van der Waals surface area contributed by atoms with Crippen molar-refractivity contribution in [3.05, 3.63) is 59.9 Å². The molecule has 4 rings (SSSR count). The molecule has 0 atom stereocenters. The van der Waals surface area contributed by atoms with E-state index in [1.54, 1.807) is 41.3 Å². The minimum atomic E-state index is -0.535. The van der Waals surface area contributed by atoms with E-state index in [4.69, 9.17) is 9.47 Å². The summed E-state index contributed by atoms with van der Waals surface area (Å²) in [6.07, 6.45) is -0.802. The lowest BCUT2D eigenvalue weighted by Gasteiger charge is -2.37. The average Bonchev–Trinajstić information content (AvgIpc) is 3.35. The predicted octanol–water partition coefficient (Wildman–Crippen LogP) is 5.34. The van der Waals surface area contributed by atoms with E-state index in [9.17, 15) is 18.8 Å². The number of hydrogen-bond acceptors (Lipinski definition) is 7. The van der Waals surface area contributed by atoms with E-state index >= 15 is 0 Å². The van der Waals surface area contributed by atoms with E-state index in [0.29, 0.717) is 56.3 Å². The fraction of sp³-hybridized carbons (Fsp3) is 0.464. The first-order valence-electron chi connectivity index (χ1n) is 12.7. The standard InChI is InChI=1S/C18H24FN3O4.C8H8O2.C2H6/c1-18(2,3)26-16(23)21-8-6-20(7-9-21)15-5-4-13(12-14(15)19)22-10-11-25-17(22)24;1-10-8(9)7-5-3-2-4-6-7;1-2/h4-5,12H,6-11H2,1-3H3;2-6H,1H3;1-2H3. The van der Waals surface area contributed by atoms with Crippen LogP contribution in [0.2, 0.25) is 0 Å². The Kier molecular flexibility index (Phi) is 11.4. The highest BCUT2D eigenvalue weighted by atomic mass is 19.1. The Labute approximate surface area is 224 Å². The molecule has 0 unspecified atom stereocenters. The Morgan fingerprint density at radius 2 is 1.58 bits per heavy atom. The zero-order valence-electron chi connectivity index (χ0n) is 23.0. The van der Waals surface area contributed by atoms with E-state index in [1.807, 2.05) is 45.6 Å². The molecule has 2 aliphatic heterocycles. The van der Waals surface area contributed by atoms with Gasteiger partial charge < -0.3 is 24.0 Å². The second-order valence-electron chi connectivity index (χ2n) is 9.21. The highest BCUT2D eigenvalue weighted by molar-refractivity contribution is 5.90. The number of carbonyl (C=O) groups excluding carboxylic acids is 3. The van der Waals surface area contributed by atoms with Crippen LogP contribution in [0.5, 0.6) is 0 Å². The van der Waals surface area contributed by atoms with Crippen molar-refractivity contribution in [2.24, 2.45) is 0 Å². The van der Waals surface area contributed by atoms with Gasteiger partial charge >= 0.3 is 18.2 Å². The molecule has 2 aromatic carbocycles. The van der Waals surface area contributed by atoms with Gasteiger partial charge in [-0.25, -0.2) is 18.8 Å². The second-order valence-corrected chi connectivity index (χ2v) is 9.21. The van der Waals surface area contributed by atoms with Gasteiger partial charge in [0.15, 0.2) is 0 Å². The Balaban J connectivity index is 0.000000353. The van der Waals surface area contributed by atoms with Gasteiger partial charge in [-0.15, -0.1) is 0 Å². The Morgan fingerprint density at radius 1 is 0.947 bits per heavy atom. The SMILES string of the molecule is CC.CC(C)(C)OC(=O)N1CCN(c2ccc(N3CCOC3=O)cc2F)CC1.COC(=O)c1ccccc1. The van der Waals surface area contributed by atoms with Crippen LogP contribution in [0.1, 0.15) is 45.0 Å². The van der Waals surface area contributed by atoms with Gasteiger partial charge in [-0.1, -0.05) is 32.0 Å². The lowest BCUT2D eigenvalue weighted by molar-refractivity contribution is 0.0240. The third-order valence-corrected chi connectivity index (χ3v) is 5.47. The number of nitrogens with zero attached hydrogens (tertiary/aromatic N) is 3. The Bertz CT molecular complexity index is 1070. The van der Waals surface area contributed by atoms with Crippen molar-refractivity contribution in [1.29, 1.82) is 0 Å². The number of rotatable bonds is 3. The highest BCUT2D eigenvalue weighted by Gasteiger charge is 2.28. The molecule has 0 aromatic heterocycles. The van der Waals surface area contributed by atoms with Crippen molar-refractivity contribution in [2.75, 3.05) is 56.2 Å². The summed E-state index contributed by atoms with van der Waals surface area (Å²) in [4.78, 5) is 39.4. The van der Waals surface area contributed by atoms with Gasteiger partial charge in [-0.3, -0.25) is 4.90 Å². The van der Waals surface area contributed by atoms with Crippen LogP contribution in [0.3, 0.4) is 0 Å². The van der Waals surface area contributed by atoms with Gasteiger partial charge in [0.25, 0.3) is 0 Å². The monoisotopic (exact) mass is 531 g/mol. The number of esters is 1. The molecule has 0 N–H and O–H groups in total. The summed E-state index contributed by atoms with van der Waals surface area (Å²) in [5, 5.41) is 0. The molecule has 0 saturated carbocycles. The average molecular weight is 532 g/mol. The molecule has 38 heavy (non-hydrogen) atoms. The maximum atomic E-state index is 14.6. The zero-order chi connectivity index (χ0) is 28.3. The number of benzene rings is 2. The van der Waals surface area contributed by atoms with Gasteiger partial charge in [0.1, 0.15) is 18.0 Å². The number of carbonyl (C=O) groups is 3. The van der Waals surface area contributed by atoms with Crippen molar-refractivity contribution in [3.8, 4) is 0 Å². The molecule has 0 spiro atoms. The zero-order valence-corrected chi connectivity index (χ0v) is 23.0. The normalized spacial score (nSPS) is 14.9. The van der Waals surface area contributed by atoms with E-state index in [1.165, 1.54) is 18.1 Å². The molecule has 0 aliphatic carbocycles. The van der Waals surface area contributed by atoms with E-state index < -0.39 is 17.5 Å². The Hall–Kier alpha value is -3.82. The fourth-order valence-corrected chi connectivity index (χ4v) is 3.70. The summed E-state index contributed by atoms with van der Waals surface area (Å²) in [7, 11) is 1.37. The number of halogens is 1. The topological polar surface area (TPSA) is 88.6 Å². The molecule has 2 fully saturated rings. The van der Waals surface area contributed by atoms with Gasteiger partial charge in [0.05, 0.1) is 30.6 Å². The van der Waals surface area contributed by atoms with Crippen molar-refractivity contribution >= 4 is 29.5 Å². The molecule has 2 saturated heterocycles. The summed E-state index contributed by atoms with van der Waals surface area (Å²) in [5.74, 6) is -0.687. The van der Waals surface area contributed by atoms with Crippen LogP contribution >= 0.6 is 0 Å². The number of ether oxygens (including phenoxy) is 3. The van der Waals surface area contributed by atoms with Crippen molar-refractivity contribution in [3.63, 3.8) is 0 Å². The van der Waals surface area contributed by atoms with Crippen LogP contribution in [0.15, 0.2) is 48.5 Å². The molecule has 2 heterocycles. The highest BCUT2D eigenvalue weighted by Crippen LogP contribution is 2.27. The summed E-state index contributed by atoms with van der Waals surface area (Å²) >= 11 is 0. The number of hydrogen-bond donors (Lipinski definition) is 0. The molecule has 2 aliphatic rings. The molecule has 0 radical (unpaired) electrons. The molecule has 10 heteroatoms. The fourth-order valence-electron chi connectivity index (χ4n) is 3.70. The van der Waals surface area contributed by atoms with Crippen LogP contribution in [0, 0.1) is 5.82 Å². The maximum Gasteiger partial charge on any atom is 0.414 e. The third kappa shape index (κ3) is 8.64. The summed E-state index contributed by atoms with van der Waals surface area (Å²) < 4.78 is 29.3. The quantitative estimate of drug-likeness (QED) is 0.390. The summed E-state index contributed by atoms with van der Waals surface area (Å²) in [6, 6.07) is 13.6. The summed E-state index contributed by atoms with van der Waals surface area (Å²) in [6.45, 7) is 12.2. The van der Waals surface area contributed by atoms with Gasteiger partial charge in [-0.05, 0) is 51.1 Å². The largest absolute Gasteiger partial charge is 0.465 e. The number of amides is 2. The van der Waals surface area contributed by atoms with Gasteiger partial charge in [0.2, 0.25) is 0 Å². The number of cyclic esters (lactones) is 1. The summed E-state index contributed by atoms with van der Waals surface area (Å²) in [5.41, 5.74) is 1.00. The van der Waals surface area contributed by atoms with E-state index in [2.05, 4.69) is 4.74 Å². The minimum Gasteiger partial charge on any atom is -0.465 e. The number of piperazine rings is 1. The molecule has 9 nitrogen and oxygen atoms in total. The van der Waals surface area contributed by atoms with Crippen molar-refractivity contribution in [1.82, 2.24) is 4.90 Å². The van der Waals surface area contributed by atoms with E-state index in [-0.39, 0.29) is 12.1 Å². The molecule has 2 aromatic rings. The molecule has 2 amide bonds. The van der Waals surface area contributed by atoms with Crippen LogP contribution in [-0.2, 0) is 14.2 Å². The predicted molar refractivity (Wildman–Crippen MR) is 144 cm³/mol. The molecular weight excluding hydrogens is 493 g/mol. The van der Waals surface area contributed by atoms with Crippen molar-refractivity contribution in [2.45, 2.75) is 40.2 Å². The van der Waals surface area contributed by atoms with Crippen molar-refractivity contribution < 1.29 is 33.0 Å². The number of methoxy groups -OCH3 is 1. The minimum absolute atomic E-state index is 0.291. The van der Waals surface area contributed by atoms with Gasteiger partial charge in [-0.2, -0.15) is 0 Å². The van der Waals surface area contributed by atoms with Gasteiger partial charge in [0, 0.05) is 26.2 Å².